The number of hydrogen-bond donors (Lipinski definition) is 1. The van der Waals surface area contributed by atoms with Crippen molar-refractivity contribution < 1.29 is 14.6 Å². The van der Waals surface area contributed by atoms with Crippen molar-refractivity contribution >= 4 is 5.97 Å². The van der Waals surface area contributed by atoms with Crippen molar-refractivity contribution in [2.75, 3.05) is 6.61 Å². The fourth-order valence-corrected chi connectivity index (χ4v) is 1.23. The van der Waals surface area contributed by atoms with Crippen LogP contribution in [0.3, 0.4) is 0 Å². The molecule has 0 spiro atoms. The summed E-state index contributed by atoms with van der Waals surface area (Å²) >= 11 is 0. The molecule has 1 aliphatic carbocycles. The highest BCUT2D eigenvalue weighted by Gasteiger charge is 2.34. The normalized spacial score (nSPS) is 28.6. The first-order chi connectivity index (χ1) is 5.59. The van der Waals surface area contributed by atoms with Crippen LogP contribution in [0.25, 0.3) is 0 Å². The van der Waals surface area contributed by atoms with Crippen LogP contribution in [0.2, 0.25) is 0 Å². The van der Waals surface area contributed by atoms with E-state index in [4.69, 9.17) is 9.84 Å². The standard InChI is InChI=1S/C9H16O3/c1-6(2)5-12-8-3-7(4-8)9(10)11/h6-8H,3-5H2,1-2H3,(H,10,11). The summed E-state index contributed by atoms with van der Waals surface area (Å²) < 4.78 is 5.46. The van der Waals surface area contributed by atoms with Gasteiger partial charge in [-0.3, -0.25) is 4.79 Å². The smallest absolute Gasteiger partial charge is 0.306 e. The monoisotopic (exact) mass is 172 g/mol. The maximum absolute atomic E-state index is 10.4. The molecule has 0 aromatic heterocycles. The Labute approximate surface area is 72.7 Å². The predicted octanol–water partition coefficient (Wildman–Crippen LogP) is 1.52. The van der Waals surface area contributed by atoms with Crippen LogP contribution in [0.5, 0.6) is 0 Å². The quantitative estimate of drug-likeness (QED) is 0.699. The molecule has 1 saturated carbocycles. The minimum absolute atomic E-state index is 0.151. The first kappa shape index (κ1) is 9.52. The van der Waals surface area contributed by atoms with Gasteiger partial charge in [0.15, 0.2) is 0 Å². The second kappa shape index (κ2) is 3.90. The molecule has 0 radical (unpaired) electrons. The van der Waals surface area contributed by atoms with E-state index in [9.17, 15) is 4.79 Å². The Bertz CT molecular complexity index is 159. The van der Waals surface area contributed by atoms with Crippen molar-refractivity contribution in [2.45, 2.75) is 32.8 Å². The molecule has 0 aliphatic heterocycles. The lowest BCUT2D eigenvalue weighted by atomic mass is 9.82. The molecular weight excluding hydrogens is 156 g/mol. The van der Waals surface area contributed by atoms with Crippen LogP contribution in [0.4, 0.5) is 0 Å². The molecule has 0 aromatic rings. The zero-order valence-electron chi connectivity index (χ0n) is 7.62. The number of carboxylic acid groups (broad SMARTS) is 1. The van der Waals surface area contributed by atoms with Gasteiger partial charge in [-0.05, 0) is 18.8 Å². The molecule has 0 bridgehead atoms. The number of ether oxygens (including phenoxy) is 1. The molecule has 0 unspecified atom stereocenters. The van der Waals surface area contributed by atoms with Crippen LogP contribution in [-0.4, -0.2) is 23.8 Å². The molecule has 0 heterocycles. The molecule has 1 aliphatic rings. The Hall–Kier alpha value is -0.570. The molecule has 0 atom stereocenters. The van der Waals surface area contributed by atoms with Crippen LogP contribution in [0.1, 0.15) is 26.7 Å². The van der Waals surface area contributed by atoms with Crippen molar-refractivity contribution in [1.29, 1.82) is 0 Å². The summed E-state index contributed by atoms with van der Waals surface area (Å²) in [4.78, 5) is 10.4. The Kier molecular flexibility index (Phi) is 3.09. The molecule has 3 heteroatoms. The minimum atomic E-state index is -0.681. The van der Waals surface area contributed by atoms with Crippen LogP contribution < -0.4 is 0 Å². The van der Waals surface area contributed by atoms with Gasteiger partial charge in [0.05, 0.1) is 12.0 Å². The van der Waals surface area contributed by atoms with Gasteiger partial charge in [0.1, 0.15) is 0 Å². The summed E-state index contributed by atoms with van der Waals surface area (Å²) in [5.41, 5.74) is 0. The van der Waals surface area contributed by atoms with E-state index >= 15 is 0 Å². The second-order valence-corrected chi connectivity index (χ2v) is 3.86. The molecule has 1 rings (SSSR count). The molecule has 3 nitrogen and oxygen atoms in total. The van der Waals surface area contributed by atoms with E-state index in [-0.39, 0.29) is 12.0 Å². The molecular formula is C9H16O3. The SMILES string of the molecule is CC(C)COC1CC(C(=O)O)C1. The number of hydrogen-bond acceptors (Lipinski definition) is 2. The molecule has 0 saturated heterocycles. The summed E-state index contributed by atoms with van der Waals surface area (Å²) in [6.45, 7) is 4.93. The van der Waals surface area contributed by atoms with Gasteiger partial charge in [0.25, 0.3) is 0 Å². The summed E-state index contributed by atoms with van der Waals surface area (Å²) in [6.07, 6.45) is 1.60. The third-order valence-electron chi connectivity index (χ3n) is 2.11. The van der Waals surface area contributed by atoms with Gasteiger partial charge in [-0.15, -0.1) is 0 Å². The van der Waals surface area contributed by atoms with E-state index in [0.29, 0.717) is 18.8 Å². The number of carbonyl (C=O) groups is 1. The number of rotatable bonds is 4. The van der Waals surface area contributed by atoms with Gasteiger partial charge < -0.3 is 9.84 Å². The average molecular weight is 172 g/mol. The fraction of sp³-hybridized carbons (Fsp3) is 0.889. The van der Waals surface area contributed by atoms with E-state index in [1.165, 1.54) is 0 Å². The van der Waals surface area contributed by atoms with Gasteiger partial charge in [-0.25, -0.2) is 0 Å². The maximum Gasteiger partial charge on any atom is 0.306 e. The first-order valence-corrected chi connectivity index (χ1v) is 4.44. The van der Waals surface area contributed by atoms with Gasteiger partial charge in [-0.2, -0.15) is 0 Å². The third kappa shape index (κ3) is 2.48. The largest absolute Gasteiger partial charge is 0.481 e. The number of carboxylic acids is 1. The summed E-state index contributed by atoms with van der Waals surface area (Å²) in [5.74, 6) is -0.296. The van der Waals surface area contributed by atoms with Crippen molar-refractivity contribution in [3.8, 4) is 0 Å². The van der Waals surface area contributed by atoms with E-state index in [0.717, 1.165) is 6.61 Å². The van der Waals surface area contributed by atoms with E-state index in [1.54, 1.807) is 0 Å². The number of aliphatic carboxylic acids is 1. The zero-order chi connectivity index (χ0) is 9.14. The van der Waals surface area contributed by atoms with Crippen LogP contribution in [0.15, 0.2) is 0 Å². The van der Waals surface area contributed by atoms with Crippen LogP contribution >= 0.6 is 0 Å². The topological polar surface area (TPSA) is 46.5 Å². The Morgan fingerprint density at radius 1 is 1.58 bits per heavy atom. The van der Waals surface area contributed by atoms with Gasteiger partial charge in [0.2, 0.25) is 0 Å². The molecule has 1 fully saturated rings. The van der Waals surface area contributed by atoms with Crippen LogP contribution in [0, 0.1) is 11.8 Å². The Morgan fingerprint density at radius 3 is 2.58 bits per heavy atom. The van der Waals surface area contributed by atoms with Crippen molar-refractivity contribution in [2.24, 2.45) is 11.8 Å². The van der Waals surface area contributed by atoms with E-state index in [1.807, 2.05) is 0 Å². The maximum atomic E-state index is 10.4. The lowest BCUT2D eigenvalue weighted by molar-refractivity contribution is -0.151. The Morgan fingerprint density at radius 2 is 2.17 bits per heavy atom. The fourth-order valence-electron chi connectivity index (χ4n) is 1.23. The van der Waals surface area contributed by atoms with E-state index in [2.05, 4.69) is 13.8 Å². The summed E-state index contributed by atoms with van der Waals surface area (Å²) in [7, 11) is 0. The third-order valence-corrected chi connectivity index (χ3v) is 2.11. The Balaban J connectivity index is 2.06. The van der Waals surface area contributed by atoms with Gasteiger partial charge in [0, 0.05) is 6.61 Å². The molecule has 70 valence electrons. The highest BCUT2D eigenvalue weighted by Crippen LogP contribution is 2.30. The molecule has 12 heavy (non-hydrogen) atoms. The first-order valence-electron chi connectivity index (χ1n) is 4.44. The summed E-state index contributed by atoms with van der Waals surface area (Å²) in [5, 5.41) is 8.57. The van der Waals surface area contributed by atoms with Gasteiger partial charge in [-0.1, -0.05) is 13.8 Å². The predicted molar refractivity (Wildman–Crippen MR) is 44.9 cm³/mol. The van der Waals surface area contributed by atoms with Gasteiger partial charge >= 0.3 is 5.97 Å². The highest BCUT2D eigenvalue weighted by atomic mass is 16.5. The van der Waals surface area contributed by atoms with E-state index < -0.39 is 5.97 Å². The zero-order valence-corrected chi connectivity index (χ0v) is 7.62. The molecule has 1 N–H and O–H groups in total. The second-order valence-electron chi connectivity index (χ2n) is 3.86. The van der Waals surface area contributed by atoms with Crippen molar-refractivity contribution in [1.82, 2.24) is 0 Å². The lowest BCUT2D eigenvalue weighted by Gasteiger charge is -2.32. The molecule has 0 amide bonds. The summed E-state index contributed by atoms with van der Waals surface area (Å²) in [6, 6.07) is 0. The average Bonchev–Trinajstić information content (AvgIpc) is 1.82. The highest BCUT2D eigenvalue weighted by molar-refractivity contribution is 5.71. The minimum Gasteiger partial charge on any atom is -0.481 e. The molecule has 0 aromatic carbocycles. The van der Waals surface area contributed by atoms with Crippen molar-refractivity contribution in [3.05, 3.63) is 0 Å². The van der Waals surface area contributed by atoms with Crippen LogP contribution in [-0.2, 0) is 9.53 Å². The lowest BCUT2D eigenvalue weighted by Crippen LogP contribution is -2.36. The van der Waals surface area contributed by atoms with Crippen molar-refractivity contribution in [3.63, 3.8) is 0 Å².